The van der Waals surface area contributed by atoms with Crippen LogP contribution in [-0.2, 0) is 4.74 Å². The van der Waals surface area contributed by atoms with E-state index in [1.807, 2.05) is 0 Å². The van der Waals surface area contributed by atoms with Gasteiger partial charge in [0.1, 0.15) is 0 Å². The Hall–Kier alpha value is -0.120. The van der Waals surface area contributed by atoms with Gasteiger partial charge >= 0.3 is 0 Å². The second kappa shape index (κ2) is 7.72. The highest BCUT2D eigenvalue weighted by molar-refractivity contribution is 5.01. The first-order valence-electron chi connectivity index (χ1n) is 11.6. The van der Waals surface area contributed by atoms with Gasteiger partial charge in [-0.25, -0.2) is 0 Å². The van der Waals surface area contributed by atoms with Crippen molar-refractivity contribution in [3.05, 3.63) is 0 Å². The number of ether oxygens (including phenoxy) is 1. The van der Waals surface area contributed by atoms with E-state index in [4.69, 9.17) is 4.74 Å². The molecule has 4 fully saturated rings. The van der Waals surface area contributed by atoms with E-state index in [0.717, 1.165) is 5.41 Å². The number of hydrogen-bond acceptors (Lipinski definition) is 3. The summed E-state index contributed by atoms with van der Waals surface area (Å²) < 4.78 is 6.49. The van der Waals surface area contributed by atoms with E-state index in [1.54, 1.807) is 0 Å². The van der Waals surface area contributed by atoms with Crippen LogP contribution in [0.15, 0.2) is 0 Å². The SMILES string of the molecule is CCCC1(CN2CCC3(CC2)CC(OC2CCN(C(C)C)CC2)C3)CC1. The molecule has 2 saturated heterocycles. The lowest BCUT2D eigenvalue weighted by Crippen LogP contribution is -2.52. The third-order valence-electron chi connectivity index (χ3n) is 8.13. The van der Waals surface area contributed by atoms with Gasteiger partial charge in [0.15, 0.2) is 0 Å². The lowest BCUT2D eigenvalue weighted by molar-refractivity contribution is -0.143. The van der Waals surface area contributed by atoms with E-state index in [0.29, 0.717) is 23.7 Å². The summed E-state index contributed by atoms with van der Waals surface area (Å²) in [5, 5.41) is 0. The standard InChI is InChI=1S/C23H42N2O/c1-4-7-22(8-9-22)18-24-14-10-23(11-15-24)16-21(17-23)26-20-5-12-25(13-6-20)19(2)3/h19-21H,4-18H2,1-3H3. The molecule has 4 aliphatic rings. The maximum absolute atomic E-state index is 6.49. The van der Waals surface area contributed by atoms with Crippen LogP contribution in [0, 0.1) is 10.8 Å². The lowest BCUT2D eigenvalue weighted by atomic mass is 9.61. The van der Waals surface area contributed by atoms with Crippen molar-refractivity contribution in [1.29, 1.82) is 0 Å². The highest BCUT2D eigenvalue weighted by Crippen LogP contribution is 2.53. The fourth-order valence-corrected chi connectivity index (χ4v) is 6.07. The molecule has 0 atom stereocenters. The molecule has 4 rings (SSSR count). The Morgan fingerprint density at radius 3 is 2.12 bits per heavy atom. The zero-order chi connectivity index (χ0) is 18.2. The Morgan fingerprint density at radius 1 is 0.923 bits per heavy atom. The number of hydrogen-bond donors (Lipinski definition) is 0. The molecule has 0 unspecified atom stereocenters. The summed E-state index contributed by atoms with van der Waals surface area (Å²) in [5.41, 5.74) is 1.39. The van der Waals surface area contributed by atoms with Crippen molar-refractivity contribution in [1.82, 2.24) is 9.80 Å². The number of likely N-dealkylation sites (tertiary alicyclic amines) is 2. The Labute approximate surface area is 161 Å². The van der Waals surface area contributed by atoms with Crippen LogP contribution in [-0.4, -0.2) is 60.8 Å². The average Bonchev–Trinajstić information content (AvgIpc) is 3.35. The van der Waals surface area contributed by atoms with Gasteiger partial charge in [-0.1, -0.05) is 13.3 Å². The molecule has 0 radical (unpaired) electrons. The third kappa shape index (κ3) is 4.31. The van der Waals surface area contributed by atoms with Gasteiger partial charge in [0, 0.05) is 25.7 Å². The minimum atomic E-state index is 0.538. The summed E-state index contributed by atoms with van der Waals surface area (Å²) in [5.74, 6) is 0. The van der Waals surface area contributed by atoms with E-state index in [1.165, 1.54) is 96.9 Å². The van der Waals surface area contributed by atoms with Gasteiger partial charge in [-0.3, -0.25) is 0 Å². The molecular weight excluding hydrogens is 320 g/mol. The Balaban J connectivity index is 1.14. The summed E-state index contributed by atoms with van der Waals surface area (Å²) in [4.78, 5) is 5.40. The minimum Gasteiger partial charge on any atom is -0.375 e. The quantitative estimate of drug-likeness (QED) is 0.653. The molecule has 26 heavy (non-hydrogen) atoms. The van der Waals surface area contributed by atoms with Gasteiger partial charge in [0.05, 0.1) is 12.2 Å². The molecule has 0 aromatic rings. The minimum absolute atomic E-state index is 0.538. The van der Waals surface area contributed by atoms with Crippen molar-refractivity contribution in [2.75, 3.05) is 32.7 Å². The second-order valence-electron chi connectivity index (χ2n) is 10.5. The van der Waals surface area contributed by atoms with Crippen LogP contribution in [0.4, 0.5) is 0 Å². The van der Waals surface area contributed by atoms with E-state index < -0.39 is 0 Å². The summed E-state index contributed by atoms with van der Waals surface area (Å²) in [7, 11) is 0. The van der Waals surface area contributed by atoms with Crippen LogP contribution in [0.5, 0.6) is 0 Å². The van der Waals surface area contributed by atoms with E-state index in [2.05, 4.69) is 30.6 Å². The number of nitrogens with zero attached hydrogens (tertiary/aromatic N) is 2. The Bertz CT molecular complexity index is 449. The van der Waals surface area contributed by atoms with E-state index in [-0.39, 0.29) is 0 Å². The first-order valence-corrected chi connectivity index (χ1v) is 11.6. The van der Waals surface area contributed by atoms with Crippen molar-refractivity contribution in [2.24, 2.45) is 10.8 Å². The van der Waals surface area contributed by atoms with E-state index in [9.17, 15) is 0 Å². The van der Waals surface area contributed by atoms with Gasteiger partial charge in [-0.05, 0) is 95.6 Å². The van der Waals surface area contributed by atoms with Crippen LogP contribution in [0.3, 0.4) is 0 Å². The number of piperidine rings is 2. The molecule has 2 aliphatic heterocycles. The molecule has 0 N–H and O–H groups in total. The van der Waals surface area contributed by atoms with Gasteiger partial charge in [-0.15, -0.1) is 0 Å². The zero-order valence-corrected chi connectivity index (χ0v) is 17.6. The highest BCUT2D eigenvalue weighted by Gasteiger charge is 2.49. The highest BCUT2D eigenvalue weighted by atomic mass is 16.5. The fourth-order valence-electron chi connectivity index (χ4n) is 6.07. The van der Waals surface area contributed by atoms with Gasteiger partial charge in [0.25, 0.3) is 0 Å². The summed E-state index contributed by atoms with van der Waals surface area (Å²) in [6.07, 6.45) is 15.0. The maximum Gasteiger partial charge on any atom is 0.0603 e. The van der Waals surface area contributed by atoms with Gasteiger partial charge in [0.2, 0.25) is 0 Å². The molecule has 150 valence electrons. The summed E-state index contributed by atoms with van der Waals surface area (Å²) in [6.45, 7) is 13.5. The second-order valence-corrected chi connectivity index (χ2v) is 10.5. The van der Waals surface area contributed by atoms with E-state index >= 15 is 0 Å². The Morgan fingerprint density at radius 2 is 1.58 bits per heavy atom. The first-order chi connectivity index (χ1) is 12.5. The summed E-state index contributed by atoms with van der Waals surface area (Å²) >= 11 is 0. The molecule has 0 aromatic carbocycles. The zero-order valence-electron chi connectivity index (χ0n) is 17.6. The first kappa shape index (κ1) is 19.2. The van der Waals surface area contributed by atoms with Gasteiger partial charge in [-0.2, -0.15) is 0 Å². The van der Waals surface area contributed by atoms with Crippen molar-refractivity contribution in [2.45, 2.75) is 103 Å². The van der Waals surface area contributed by atoms with Gasteiger partial charge < -0.3 is 14.5 Å². The summed E-state index contributed by atoms with van der Waals surface area (Å²) in [6, 6.07) is 0.695. The van der Waals surface area contributed by atoms with Crippen LogP contribution >= 0.6 is 0 Å². The molecular formula is C23H42N2O. The molecule has 2 aliphatic carbocycles. The topological polar surface area (TPSA) is 15.7 Å². The molecule has 0 aromatic heterocycles. The van der Waals surface area contributed by atoms with Crippen LogP contribution in [0.25, 0.3) is 0 Å². The third-order valence-corrected chi connectivity index (χ3v) is 8.13. The fraction of sp³-hybridized carbons (Fsp3) is 1.00. The van der Waals surface area contributed by atoms with Crippen LogP contribution in [0.1, 0.15) is 85.0 Å². The molecule has 3 nitrogen and oxygen atoms in total. The average molecular weight is 363 g/mol. The molecule has 0 bridgehead atoms. The Kier molecular flexibility index (Phi) is 5.70. The van der Waals surface area contributed by atoms with Crippen molar-refractivity contribution < 1.29 is 4.74 Å². The molecule has 2 heterocycles. The monoisotopic (exact) mass is 362 g/mol. The smallest absolute Gasteiger partial charge is 0.0603 e. The normalized spacial score (nSPS) is 30.0. The molecule has 0 amide bonds. The lowest BCUT2D eigenvalue weighted by Gasteiger charge is -2.53. The molecule has 2 saturated carbocycles. The van der Waals surface area contributed by atoms with Crippen LogP contribution < -0.4 is 0 Å². The molecule has 1 spiro atoms. The predicted molar refractivity (Wildman–Crippen MR) is 109 cm³/mol. The van der Waals surface area contributed by atoms with Crippen molar-refractivity contribution >= 4 is 0 Å². The largest absolute Gasteiger partial charge is 0.375 e. The number of rotatable bonds is 7. The van der Waals surface area contributed by atoms with Crippen molar-refractivity contribution in [3.63, 3.8) is 0 Å². The maximum atomic E-state index is 6.49. The van der Waals surface area contributed by atoms with Crippen LogP contribution in [0.2, 0.25) is 0 Å². The van der Waals surface area contributed by atoms with Crippen molar-refractivity contribution in [3.8, 4) is 0 Å². The molecule has 3 heteroatoms. The predicted octanol–water partition coefficient (Wildman–Crippen LogP) is 4.70.